The Morgan fingerprint density at radius 3 is 2.50 bits per heavy atom. The number of carbonyl (C=O) groups excluding carboxylic acids is 2. The van der Waals surface area contributed by atoms with Gasteiger partial charge in [-0.1, -0.05) is 0 Å². The predicted molar refractivity (Wildman–Crippen MR) is 62.9 cm³/mol. The monoisotopic (exact) mass is 286 g/mol. The first-order valence-electron chi connectivity index (χ1n) is 4.98. The van der Waals surface area contributed by atoms with E-state index in [4.69, 9.17) is 0 Å². The molecule has 0 aromatic heterocycles. The van der Waals surface area contributed by atoms with Crippen molar-refractivity contribution in [2.75, 3.05) is 7.11 Å². The number of esters is 1. The Bertz CT molecular complexity index is 349. The third-order valence-electron chi connectivity index (χ3n) is 1.98. The van der Waals surface area contributed by atoms with Crippen LogP contribution < -0.4 is 4.46 Å². The number of rotatable bonds is 6. The molecular formula is C12H14O3Se. The summed E-state index contributed by atoms with van der Waals surface area (Å²) in [4.78, 5) is 22.3. The van der Waals surface area contributed by atoms with Crippen molar-refractivity contribution in [3.63, 3.8) is 0 Å². The van der Waals surface area contributed by atoms with Crippen LogP contribution in [0.2, 0.25) is 5.32 Å². The van der Waals surface area contributed by atoms with Crippen molar-refractivity contribution in [1.82, 2.24) is 0 Å². The molecule has 1 aromatic carbocycles. The molecule has 0 radical (unpaired) electrons. The van der Waals surface area contributed by atoms with E-state index >= 15 is 0 Å². The van der Waals surface area contributed by atoms with Gasteiger partial charge in [-0.05, 0) is 0 Å². The molecule has 0 bridgehead atoms. The van der Waals surface area contributed by atoms with E-state index in [1.807, 2.05) is 30.3 Å². The maximum absolute atomic E-state index is 11.4. The van der Waals surface area contributed by atoms with Crippen LogP contribution in [0.4, 0.5) is 0 Å². The fourth-order valence-corrected chi connectivity index (χ4v) is 2.82. The molecule has 4 heteroatoms. The van der Waals surface area contributed by atoms with Crippen molar-refractivity contribution in [2.24, 2.45) is 0 Å². The maximum atomic E-state index is 11.4. The van der Waals surface area contributed by atoms with Crippen molar-refractivity contribution in [3.05, 3.63) is 30.3 Å². The fraction of sp³-hybridized carbons (Fsp3) is 0.333. The van der Waals surface area contributed by atoms with Crippen molar-refractivity contribution in [2.45, 2.75) is 18.2 Å². The number of carbonyl (C=O) groups is 2. The first-order chi connectivity index (χ1) is 7.72. The van der Waals surface area contributed by atoms with Gasteiger partial charge in [0.15, 0.2) is 0 Å². The van der Waals surface area contributed by atoms with Crippen LogP contribution in [0.15, 0.2) is 30.3 Å². The Hall–Kier alpha value is -1.12. The predicted octanol–water partition coefficient (Wildman–Crippen LogP) is 0.957. The van der Waals surface area contributed by atoms with Crippen LogP contribution in [0.5, 0.6) is 0 Å². The summed E-state index contributed by atoms with van der Waals surface area (Å²) in [5.41, 5.74) is 0. The minimum absolute atomic E-state index is 0.134. The Balaban J connectivity index is 2.23. The summed E-state index contributed by atoms with van der Waals surface area (Å²) in [7, 11) is 1.33. The zero-order valence-corrected chi connectivity index (χ0v) is 10.9. The Kier molecular flexibility index (Phi) is 5.83. The van der Waals surface area contributed by atoms with Crippen molar-refractivity contribution >= 4 is 31.2 Å². The standard InChI is InChI=1S/C12H14O3Se/c1-15-12(14)8-7-10(13)9-16-11-5-3-2-4-6-11/h2-6H,7-9H2,1H3. The van der Waals surface area contributed by atoms with Crippen molar-refractivity contribution in [1.29, 1.82) is 0 Å². The van der Waals surface area contributed by atoms with E-state index < -0.39 is 0 Å². The third-order valence-corrected chi connectivity index (χ3v) is 4.23. The van der Waals surface area contributed by atoms with Crippen LogP contribution in [0, 0.1) is 0 Å². The second-order valence-electron chi connectivity index (χ2n) is 3.22. The van der Waals surface area contributed by atoms with Crippen LogP contribution in [-0.2, 0) is 14.3 Å². The van der Waals surface area contributed by atoms with Gasteiger partial charge in [0.25, 0.3) is 0 Å². The van der Waals surface area contributed by atoms with Gasteiger partial charge in [0.05, 0.1) is 0 Å². The minimum atomic E-state index is -0.319. The summed E-state index contributed by atoms with van der Waals surface area (Å²) >= 11 is 0.175. The molecule has 0 spiro atoms. The molecule has 86 valence electrons. The van der Waals surface area contributed by atoms with Crippen LogP contribution in [-0.4, -0.2) is 33.8 Å². The number of benzene rings is 1. The topological polar surface area (TPSA) is 43.4 Å². The summed E-state index contributed by atoms with van der Waals surface area (Å²) in [5, 5.41) is 0.550. The number of methoxy groups -OCH3 is 1. The van der Waals surface area contributed by atoms with Crippen molar-refractivity contribution < 1.29 is 14.3 Å². The van der Waals surface area contributed by atoms with Gasteiger partial charge in [0.1, 0.15) is 0 Å². The fourth-order valence-electron chi connectivity index (χ4n) is 1.10. The molecule has 0 saturated heterocycles. The van der Waals surface area contributed by atoms with Crippen molar-refractivity contribution in [3.8, 4) is 0 Å². The number of ether oxygens (including phenoxy) is 1. The molecule has 0 aliphatic carbocycles. The Morgan fingerprint density at radius 2 is 1.88 bits per heavy atom. The SMILES string of the molecule is COC(=O)CCC(=O)C[Se]c1ccccc1. The van der Waals surface area contributed by atoms with Gasteiger partial charge < -0.3 is 0 Å². The molecule has 0 N–H and O–H groups in total. The van der Waals surface area contributed by atoms with Gasteiger partial charge in [0.2, 0.25) is 0 Å². The molecule has 1 aromatic rings. The van der Waals surface area contributed by atoms with Gasteiger partial charge in [0, 0.05) is 0 Å². The molecule has 0 heterocycles. The first-order valence-corrected chi connectivity index (χ1v) is 7.05. The van der Waals surface area contributed by atoms with E-state index in [2.05, 4.69) is 4.74 Å². The summed E-state index contributed by atoms with van der Waals surface area (Å²) in [6.45, 7) is 0. The van der Waals surface area contributed by atoms with Gasteiger partial charge in [-0.15, -0.1) is 0 Å². The third kappa shape index (κ3) is 5.10. The van der Waals surface area contributed by atoms with E-state index in [0.29, 0.717) is 11.7 Å². The molecule has 0 fully saturated rings. The van der Waals surface area contributed by atoms with Crippen LogP contribution in [0.3, 0.4) is 0 Å². The molecule has 0 aliphatic rings. The number of hydrogen-bond donors (Lipinski definition) is 0. The molecule has 0 unspecified atom stereocenters. The molecule has 0 atom stereocenters. The first kappa shape index (κ1) is 12.9. The van der Waals surface area contributed by atoms with E-state index in [9.17, 15) is 9.59 Å². The normalized spacial score (nSPS) is 9.81. The van der Waals surface area contributed by atoms with E-state index in [1.54, 1.807) is 0 Å². The number of Topliss-reactive ketones (excluding diaryl/α,β-unsaturated/α-hetero) is 1. The van der Waals surface area contributed by atoms with Crippen LogP contribution in [0.1, 0.15) is 12.8 Å². The second-order valence-corrected chi connectivity index (χ2v) is 5.42. The average molecular weight is 285 g/mol. The van der Waals surface area contributed by atoms with Gasteiger partial charge >= 0.3 is 101 Å². The molecular weight excluding hydrogens is 271 g/mol. The number of ketones is 1. The summed E-state index contributed by atoms with van der Waals surface area (Å²) < 4.78 is 5.69. The molecule has 3 nitrogen and oxygen atoms in total. The summed E-state index contributed by atoms with van der Waals surface area (Å²) in [5.74, 6) is -0.185. The Morgan fingerprint density at radius 1 is 1.19 bits per heavy atom. The second kappa shape index (κ2) is 7.20. The van der Waals surface area contributed by atoms with Gasteiger partial charge in [-0.3, -0.25) is 0 Å². The van der Waals surface area contributed by atoms with Crippen LogP contribution in [0.25, 0.3) is 0 Å². The zero-order chi connectivity index (χ0) is 11.8. The molecule has 0 saturated carbocycles. The van der Waals surface area contributed by atoms with E-state index in [0.717, 1.165) is 0 Å². The molecule has 0 amide bonds. The quantitative estimate of drug-likeness (QED) is 0.577. The zero-order valence-electron chi connectivity index (χ0n) is 9.14. The molecule has 0 aliphatic heterocycles. The van der Waals surface area contributed by atoms with Gasteiger partial charge in [-0.2, -0.15) is 0 Å². The summed E-state index contributed by atoms with van der Waals surface area (Å²) in [6, 6.07) is 9.94. The number of hydrogen-bond acceptors (Lipinski definition) is 3. The molecule has 16 heavy (non-hydrogen) atoms. The van der Waals surface area contributed by atoms with E-state index in [-0.39, 0.29) is 33.1 Å². The Labute approximate surface area is 101 Å². The van der Waals surface area contributed by atoms with Gasteiger partial charge in [-0.25, -0.2) is 0 Å². The average Bonchev–Trinajstić information content (AvgIpc) is 2.34. The summed E-state index contributed by atoms with van der Waals surface area (Å²) in [6.07, 6.45) is 0.488. The van der Waals surface area contributed by atoms with Crippen LogP contribution >= 0.6 is 0 Å². The molecule has 1 rings (SSSR count). The van der Waals surface area contributed by atoms with E-state index in [1.165, 1.54) is 11.6 Å².